The van der Waals surface area contributed by atoms with Crippen LogP contribution in [0.15, 0.2) is 0 Å². The molecule has 0 radical (unpaired) electrons. The molecule has 17 heavy (non-hydrogen) atoms. The monoisotopic (exact) mass is 255 g/mol. The van der Waals surface area contributed by atoms with Gasteiger partial charge in [0.25, 0.3) is 0 Å². The molecule has 1 heterocycles. The summed E-state index contributed by atoms with van der Waals surface area (Å²) in [6, 6.07) is 0.806. The van der Waals surface area contributed by atoms with Crippen molar-refractivity contribution >= 4 is 11.6 Å². The molecule has 0 aliphatic heterocycles. The largest absolute Gasteiger partial charge is 0.314 e. The molecule has 0 spiro atoms. The van der Waals surface area contributed by atoms with E-state index < -0.39 is 0 Å². The van der Waals surface area contributed by atoms with Gasteiger partial charge in [0.15, 0.2) is 0 Å². The van der Waals surface area contributed by atoms with Crippen molar-refractivity contribution < 1.29 is 0 Å². The molecule has 1 aromatic rings. The molecule has 1 aliphatic carbocycles. The lowest BCUT2D eigenvalue weighted by atomic mass is 10.0. The summed E-state index contributed by atoms with van der Waals surface area (Å²) < 4.78 is 1.92. The fourth-order valence-corrected chi connectivity index (χ4v) is 2.35. The summed E-state index contributed by atoms with van der Waals surface area (Å²) in [5.74, 6) is 0.696. The Hall–Kier alpha value is -0.540. The molecular weight excluding hydrogens is 234 g/mol. The predicted molar refractivity (Wildman–Crippen MR) is 71.5 cm³/mol. The molecule has 1 unspecified atom stereocenters. The standard InChI is InChI=1S/C13H22ClN3/c1-9(8-15-11-5-6-11)4-7-12-13(14)10(2)16-17(12)3/h9,11,15H,4-8H2,1-3H3. The van der Waals surface area contributed by atoms with Crippen LogP contribution < -0.4 is 5.32 Å². The molecule has 1 N–H and O–H groups in total. The van der Waals surface area contributed by atoms with E-state index in [9.17, 15) is 0 Å². The Morgan fingerprint density at radius 2 is 2.24 bits per heavy atom. The second-order valence-electron chi connectivity index (χ2n) is 5.30. The fourth-order valence-electron chi connectivity index (χ4n) is 2.09. The third-order valence-corrected chi connectivity index (χ3v) is 3.96. The highest BCUT2D eigenvalue weighted by Gasteiger charge is 2.21. The number of rotatable bonds is 6. The Kier molecular flexibility index (Phi) is 4.10. The second kappa shape index (κ2) is 5.40. The summed E-state index contributed by atoms with van der Waals surface area (Å²) in [4.78, 5) is 0. The van der Waals surface area contributed by atoms with Gasteiger partial charge in [-0.1, -0.05) is 18.5 Å². The van der Waals surface area contributed by atoms with Crippen LogP contribution in [0.2, 0.25) is 5.02 Å². The molecule has 0 bridgehead atoms. The van der Waals surface area contributed by atoms with Gasteiger partial charge >= 0.3 is 0 Å². The fraction of sp³-hybridized carbons (Fsp3) is 0.769. The Labute approximate surface area is 109 Å². The molecule has 2 rings (SSSR count). The Morgan fingerprint density at radius 1 is 1.53 bits per heavy atom. The van der Waals surface area contributed by atoms with Crippen LogP contribution in [0.3, 0.4) is 0 Å². The van der Waals surface area contributed by atoms with Crippen molar-refractivity contribution in [3.05, 3.63) is 16.4 Å². The molecule has 1 aromatic heterocycles. The number of hydrogen-bond donors (Lipinski definition) is 1. The van der Waals surface area contributed by atoms with Crippen LogP contribution >= 0.6 is 11.6 Å². The maximum atomic E-state index is 6.24. The first-order chi connectivity index (χ1) is 8.08. The van der Waals surface area contributed by atoms with E-state index in [1.54, 1.807) is 0 Å². The zero-order chi connectivity index (χ0) is 12.4. The number of aromatic nitrogens is 2. The zero-order valence-corrected chi connectivity index (χ0v) is 11.7. The summed E-state index contributed by atoms with van der Waals surface area (Å²) >= 11 is 6.24. The van der Waals surface area contributed by atoms with Gasteiger partial charge in [-0.3, -0.25) is 4.68 Å². The maximum Gasteiger partial charge on any atom is 0.0846 e. The van der Waals surface area contributed by atoms with Crippen molar-refractivity contribution in [2.75, 3.05) is 6.54 Å². The first kappa shape index (κ1) is 12.9. The van der Waals surface area contributed by atoms with E-state index in [1.807, 2.05) is 18.7 Å². The maximum absolute atomic E-state index is 6.24. The molecule has 1 fully saturated rings. The zero-order valence-electron chi connectivity index (χ0n) is 11.0. The van der Waals surface area contributed by atoms with Crippen molar-refractivity contribution in [3.63, 3.8) is 0 Å². The molecule has 0 amide bonds. The highest BCUT2D eigenvalue weighted by Crippen LogP contribution is 2.23. The topological polar surface area (TPSA) is 29.9 Å². The lowest BCUT2D eigenvalue weighted by molar-refractivity contribution is 0.473. The van der Waals surface area contributed by atoms with Crippen LogP contribution in [0, 0.1) is 12.8 Å². The predicted octanol–water partition coefficient (Wildman–Crippen LogP) is 2.70. The van der Waals surface area contributed by atoms with Crippen LogP contribution in [0.4, 0.5) is 0 Å². The lowest BCUT2D eigenvalue weighted by Gasteiger charge is -2.12. The number of nitrogens with one attached hydrogen (secondary N) is 1. The normalized spacial score (nSPS) is 17.4. The quantitative estimate of drug-likeness (QED) is 0.847. The minimum Gasteiger partial charge on any atom is -0.314 e. The SMILES string of the molecule is Cc1nn(C)c(CCC(C)CNC2CC2)c1Cl. The van der Waals surface area contributed by atoms with Gasteiger partial charge in [0, 0.05) is 13.1 Å². The molecular formula is C13H22ClN3. The van der Waals surface area contributed by atoms with Gasteiger partial charge in [-0.2, -0.15) is 5.10 Å². The molecule has 1 saturated carbocycles. The summed E-state index contributed by atoms with van der Waals surface area (Å²) in [5.41, 5.74) is 2.11. The van der Waals surface area contributed by atoms with Crippen molar-refractivity contribution in [2.45, 2.75) is 45.6 Å². The molecule has 1 atom stereocenters. The van der Waals surface area contributed by atoms with Crippen molar-refractivity contribution in [3.8, 4) is 0 Å². The molecule has 1 aliphatic rings. The van der Waals surface area contributed by atoms with Crippen LogP contribution in [0.1, 0.15) is 37.6 Å². The number of aryl methyl sites for hydroxylation is 2. The van der Waals surface area contributed by atoms with Crippen LogP contribution in [0.5, 0.6) is 0 Å². The van der Waals surface area contributed by atoms with Gasteiger partial charge in [-0.05, 0) is 45.1 Å². The first-order valence-electron chi connectivity index (χ1n) is 6.49. The average Bonchev–Trinajstić information content (AvgIpc) is 3.06. The van der Waals surface area contributed by atoms with Crippen molar-refractivity contribution in [1.29, 1.82) is 0 Å². The number of halogens is 1. The summed E-state index contributed by atoms with van der Waals surface area (Å²) in [6.07, 6.45) is 4.90. The first-order valence-corrected chi connectivity index (χ1v) is 6.87. The average molecular weight is 256 g/mol. The third-order valence-electron chi connectivity index (χ3n) is 3.47. The van der Waals surface area contributed by atoms with Gasteiger partial charge in [0.1, 0.15) is 0 Å². The van der Waals surface area contributed by atoms with E-state index in [2.05, 4.69) is 17.3 Å². The van der Waals surface area contributed by atoms with Gasteiger partial charge in [0.2, 0.25) is 0 Å². The Morgan fingerprint density at radius 3 is 2.76 bits per heavy atom. The Bertz CT molecular complexity index is 382. The van der Waals surface area contributed by atoms with Gasteiger partial charge in [-0.15, -0.1) is 0 Å². The molecule has 3 nitrogen and oxygen atoms in total. The molecule has 4 heteroatoms. The van der Waals surface area contributed by atoms with E-state index in [-0.39, 0.29) is 0 Å². The number of hydrogen-bond acceptors (Lipinski definition) is 2. The lowest BCUT2D eigenvalue weighted by Crippen LogP contribution is -2.23. The van der Waals surface area contributed by atoms with Crippen LogP contribution in [0.25, 0.3) is 0 Å². The van der Waals surface area contributed by atoms with Crippen LogP contribution in [-0.4, -0.2) is 22.4 Å². The van der Waals surface area contributed by atoms with Gasteiger partial charge in [0.05, 0.1) is 16.4 Å². The van der Waals surface area contributed by atoms with Crippen molar-refractivity contribution in [2.24, 2.45) is 13.0 Å². The highest BCUT2D eigenvalue weighted by molar-refractivity contribution is 6.31. The minimum absolute atomic E-state index is 0.696. The smallest absolute Gasteiger partial charge is 0.0846 e. The third kappa shape index (κ3) is 3.46. The van der Waals surface area contributed by atoms with Crippen LogP contribution in [-0.2, 0) is 13.5 Å². The molecule has 0 aromatic carbocycles. The minimum atomic E-state index is 0.696. The summed E-state index contributed by atoms with van der Waals surface area (Å²) in [5, 5.41) is 8.76. The summed E-state index contributed by atoms with van der Waals surface area (Å²) in [6.45, 7) is 5.38. The van der Waals surface area contributed by atoms with Gasteiger partial charge < -0.3 is 5.32 Å². The van der Waals surface area contributed by atoms with E-state index in [0.29, 0.717) is 5.92 Å². The van der Waals surface area contributed by atoms with E-state index in [1.165, 1.54) is 25.0 Å². The van der Waals surface area contributed by atoms with Gasteiger partial charge in [-0.25, -0.2) is 0 Å². The van der Waals surface area contributed by atoms with E-state index in [0.717, 1.165) is 29.7 Å². The van der Waals surface area contributed by atoms with Crippen molar-refractivity contribution in [1.82, 2.24) is 15.1 Å². The summed E-state index contributed by atoms with van der Waals surface area (Å²) in [7, 11) is 1.97. The highest BCUT2D eigenvalue weighted by atomic mass is 35.5. The van der Waals surface area contributed by atoms with E-state index >= 15 is 0 Å². The number of nitrogens with zero attached hydrogens (tertiary/aromatic N) is 2. The Balaban J connectivity index is 1.79. The molecule has 96 valence electrons. The second-order valence-corrected chi connectivity index (χ2v) is 5.67. The van der Waals surface area contributed by atoms with E-state index in [4.69, 9.17) is 11.6 Å². The molecule has 0 saturated heterocycles.